The number of methoxy groups -OCH3 is 1. The Hall–Kier alpha value is -0.280. The number of nitrogens with one attached hydrogen (secondary N) is 1. The van der Waals surface area contributed by atoms with E-state index in [-0.39, 0.29) is 0 Å². The Morgan fingerprint density at radius 1 is 1.29 bits per heavy atom. The normalized spacial score (nSPS) is 12.7. The van der Waals surface area contributed by atoms with Crippen molar-refractivity contribution in [2.75, 3.05) is 20.3 Å². The van der Waals surface area contributed by atoms with Crippen molar-refractivity contribution < 1.29 is 4.74 Å². The Morgan fingerprint density at radius 2 is 2.06 bits per heavy atom. The number of hydrogen-bond donors (Lipinski definition) is 1. The largest absolute Gasteiger partial charge is 0.383 e. The first kappa shape index (κ1) is 14.8. The van der Waals surface area contributed by atoms with E-state index < -0.39 is 0 Å². The maximum absolute atomic E-state index is 5.98. The standard InChI is InChI=1S/C13H19Cl2NO/c1-3-16-11(9-17-2)6-4-10-5-7-12(14)13(15)8-10/h5,7-8,11,16H,3-4,6,9H2,1-2H3. The summed E-state index contributed by atoms with van der Waals surface area (Å²) in [4.78, 5) is 0. The van der Waals surface area contributed by atoms with E-state index in [1.165, 1.54) is 5.56 Å². The fourth-order valence-electron chi connectivity index (χ4n) is 1.77. The molecule has 0 saturated carbocycles. The molecule has 96 valence electrons. The summed E-state index contributed by atoms with van der Waals surface area (Å²) >= 11 is 11.9. The first-order chi connectivity index (χ1) is 8.17. The summed E-state index contributed by atoms with van der Waals surface area (Å²) in [6.45, 7) is 3.78. The summed E-state index contributed by atoms with van der Waals surface area (Å²) in [5.74, 6) is 0. The minimum absolute atomic E-state index is 0.388. The molecule has 0 bridgehead atoms. The van der Waals surface area contributed by atoms with Crippen LogP contribution in [0.1, 0.15) is 18.9 Å². The topological polar surface area (TPSA) is 21.3 Å². The highest BCUT2D eigenvalue weighted by atomic mass is 35.5. The number of benzene rings is 1. The predicted molar refractivity (Wildman–Crippen MR) is 74.1 cm³/mol. The van der Waals surface area contributed by atoms with Gasteiger partial charge < -0.3 is 10.1 Å². The summed E-state index contributed by atoms with van der Waals surface area (Å²) in [6, 6.07) is 6.18. The molecule has 0 aromatic heterocycles. The van der Waals surface area contributed by atoms with Gasteiger partial charge in [-0.15, -0.1) is 0 Å². The van der Waals surface area contributed by atoms with Crippen LogP contribution in [0.4, 0.5) is 0 Å². The van der Waals surface area contributed by atoms with Crippen molar-refractivity contribution in [3.8, 4) is 0 Å². The lowest BCUT2D eigenvalue weighted by Crippen LogP contribution is -2.33. The Balaban J connectivity index is 2.49. The van der Waals surface area contributed by atoms with E-state index in [0.29, 0.717) is 16.1 Å². The number of aryl methyl sites for hydroxylation is 1. The average molecular weight is 276 g/mol. The van der Waals surface area contributed by atoms with Crippen molar-refractivity contribution in [1.82, 2.24) is 5.32 Å². The highest BCUT2D eigenvalue weighted by molar-refractivity contribution is 6.42. The molecular weight excluding hydrogens is 257 g/mol. The van der Waals surface area contributed by atoms with E-state index in [4.69, 9.17) is 27.9 Å². The fraction of sp³-hybridized carbons (Fsp3) is 0.538. The number of rotatable bonds is 7. The van der Waals surface area contributed by atoms with Crippen LogP contribution in [0.3, 0.4) is 0 Å². The van der Waals surface area contributed by atoms with E-state index in [1.807, 2.05) is 18.2 Å². The maximum Gasteiger partial charge on any atom is 0.0615 e. The lowest BCUT2D eigenvalue weighted by Gasteiger charge is -2.16. The molecule has 0 aliphatic carbocycles. The molecule has 0 heterocycles. The molecule has 1 aromatic rings. The van der Waals surface area contributed by atoms with Gasteiger partial charge in [0.15, 0.2) is 0 Å². The molecule has 1 rings (SSSR count). The van der Waals surface area contributed by atoms with Gasteiger partial charge in [-0.25, -0.2) is 0 Å². The van der Waals surface area contributed by atoms with Crippen LogP contribution in [0.25, 0.3) is 0 Å². The molecule has 0 amide bonds. The molecule has 0 radical (unpaired) electrons. The zero-order valence-electron chi connectivity index (χ0n) is 10.3. The zero-order valence-corrected chi connectivity index (χ0v) is 11.8. The summed E-state index contributed by atoms with van der Waals surface area (Å²) in [7, 11) is 1.73. The molecule has 17 heavy (non-hydrogen) atoms. The van der Waals surface area contributed by atoms with Gasteiger partial charge in [0.05, 0.1) is 16.7 Å². The molecule has 1 unspecified atom stereocenters. The van der Waals surface area contributed by atoms with Crippen molar-refractivity contribution >= 4 is 23.2 Å². The van der Waals surface area contributed by atoms with Crippen LogP contribution in [0.5, 0.6) is 0 Å². The number of halogens is 2. The molecule has 0 saturated heterocycles. The minimum atomic E-state index is 0.388. The summed E-state index contributed by atoms with van der Waals surface area (Å²) in [5, 5.41) is 4.62. The molecule has 1 N–H and O–H groups in total. The summed E-state index contributed by atoms with van der Waals surface area (Å²) < 4.78 is 5.18. The Kier molecular flexibility index (Phi) is 6.90. The van der Waals surface area contributed by atoms with E-state index in [0.717, 1.165) is 26.0 Å². The molecule has 2 nitrogen and oxygen atoms in total. The van der Waals surface area contributed by atoms with Crippen LogP contribution in [0.15, 0.2) is 18.2 Å². The van der Waals surface area contributed by atoms with Gasteiger partial charge in [0, 0.05) is 13.2 Å². The van der Waals surface area contributed by atoms with Crippen molar-refractivity contribution in [1.29, 1.82) is 0 Å². The van der Waals surface area contributed by atoms with Gasteiger partial charge in [-0.2, -0.15) is 0 Å². The van der Waals surface area contributed by atoms with Gasteiger partial charge in [0.1, 0.15) is 0 Å². The van der Waals surface area contributed by atoms with Crippen LogP contribution < -0.4 is 5.32 Å². The van der Waals surface area contributed by atoms with Crippen LogP contribution in [0, 0.1) is 0 Å². The van der Waals surface area contributed by atoms with Gasteiger partial charge in [0.2, 0.25) is 0 Å². The van der Waals surface area contributed by atoms with E-state index in [2.05, 4.69) is 12.2 Å². The average Bonchev–Trinajstić information content (AvgIpc) is 2.31. The van der Waals surface area contributed by atoms with Crippen LogP contribution in [0.2, 0.25) is 10.0 Å². The third-order valence-electron chi connectivity index (χ3n) is 2.63. The number of ether oxygens (including phenoxy) is 1. The summed E-state index contributed by atoms with van der Waals surface area (Å²) in [6.07, 6.45) is 2.00. The zero-order chi connectivity index (χ0) is 12.7. The second kappa shape index (κ2) is 7.93. The van der Waals surface area contributed by atoms with Gasteiger partial charge in [-0.1, -0.05) is 36.2 Å². The third-order valence-corrected chi connectivity index (χ3v) is 3.37. The highest BCUT2D eigenvalue weighted by Gasteiger charge is 2.07. The quantitative estimate of drug-likeness (QED) is 0.822. The Morgan fingerprint density at radius 3 is 2.65 bits per heavy atom. The van der Waals surface area contributed by atoms with Crippen LogP contribution in [-0.4, -0.2) is 26.3 Å². The van der Waals surface area contributed by atoms with Gasteiger partial charge in [0.25, 0.3) is 0 Å². The second-order valence-electron chi connectivity index (χ2n) is 4.00. The molecular formula is C13H19Cl2NO. The maximum atomic E-state index is 5.98. The minimum Gasteiger partial charge on any atom is -0.383 e. The van der Waals surface area contributed by atoms with Crippen molar-refractivity contribution in [3.63, 3.8) is 0 Å². The van der Waals surface area contributed by atoms with Crippen molar-refractivity contribution in [2.24, 2.45) is 0 Å². The summed E-state index contributed by atoms with van der Waals surface area (Å²) in [5.41, 5.74) is 1.21. The monoisotopic (exact) mass is 275 g/mol. The number of hydrogen-bond acceptors (Lipinski definition) is 2. The molecule has 0 spiro atoms. The molecule has 1 aromatic carbocycles. The van der Waals surface area contributed by atoms with E-state index in [1.54, 1.807) is 7.11 Å². The van der Waals surface area contributed by atoms with E-state index in [9.17, 15) is 0 Å². The predicted octanol–water partition coefficient (Wildman–Crippen LogP) is 3.55. The molecule has 0 aliphatic heterocycles. The first-order valence-corrected chi connectivity index (χ1v) is 6.59. The van der Waals surface area contributed by atoms with Crippen molar-refractivity contribution in [3.05, 3.63) is 33.8 Å². The van der Waals surface area contributed by atoms with Crippen molar-refractivity contribution in [2.45, 2.75) is 25.8 Å². The molecule has 0 fully saturated rings. The smallest absolute Gasteiger partial charge is 0.0615 e. The highest BCUT2D eigenvalue weighted by Crippen LogP contribution is 2.23. The Labute approximate surface area is 113 Å². The molecule has 0 aliphatic rings. The third kappa shape index (κ3) is 5.26. The second-order valence-corrected chi connectivity index (χ2v) is 4.81. The van der Waals surface area contributed by atoms with Gasteiger partial charge >= 0.3 is 0 Å². The first-order valence-electron chi connectivity index (χ1n) is 5.83. The Bertz CT molecular complexity index is 338. The van der Waals surface area contributed by atoms with Gasteiger partial charge in [-0.05, 0) is 37.1 Å². The lowest BCUT2D eigenvalue weighted by atomic mass is 10.1. The lowest BCUT2D eigenvalue weighted by molar-refractivity contribution is 0.163. The fourth-order valence-corrected chi connectivity index (χ4v) is 2.09. The SMILES string of the molecule is CCNC(CCc1ccc(Cl)c(Cl)c1)COC. The molecule has 4 heteroatoms. The van der Waals surface area contributed by atoms with Gasteiger partial charge in [-0.3, -0.25) is 0 Å². The molecule has 1 atom stereocenters. The number of likely N-dealkylation sites (N-methyl/N-ethyl adjacent to an activating group) is 1. The van der Waals surface area contributed by atoms with Crippen LogP contribution >= 0.6 is 23.2 Å². The van der Waals surface area contributed by atoms with E-state index >= 15 is 0 Å². The van der Waals surface area contributed by atoms with Crippen LogP contribution in [-0.2, 0) is 11.2 Å².